The first kappa shape index (κ1) is 21.3. The van der Waals surface area contributed by atoms with Crippen LogP contribution in [0.2, 0.25) is 5.02 Å². The number of hydrogen-bond donors (Lipinski definition) is 0. The number of hydrogen-bond acceptors (Lipinski definition) is 6. The Morgan fingerprint density at radius 1 is 1.03 bits per heavy atom. The van der Waals surface area contributed by atoms with E-state index in [1.165, 1.54) is 55.6 Å². The van der Waals surface area contributed by atoms with Crippen LogP contribution < -0.4 is 9.04 Å². The summed E-state index contributed by atoms with van der Waals surface area (Å²) >= 11 is 5.74. The number of halogens is 1. The maximum Gasteiger partial charge on any atom is 0.343 e. The number of nitro benzene ring substituents is 1. The van der Waals surface area contributed by atoms with Crippen molar-refractivity contribution in [2.24, 2.45) is 0 Å². The first-order valence-electron chi connectivity index (χ1n) is 8.50. The molecule has 0 aliphatic rings. The van der Waals surface area contributed by atoms with Crippen molar-refractivity contribution in [1.82, 2.24) is 0 Å². The minimum atomic E-state index is -3.74. The Morgan fingerprint density at radius 3 is 2.27 bits per heavy atom. The smallest absolute Gasteiger partial charge is 0.343 e. The van der Waals surface area contributed by atoms with Crippen molar-refractivity contribution in [3.63, 3.8) is 0 Å². The normalized spacial score (nSPS) is 11.0. The predicted molar refractivity (Wildman–Crippen MR) is 112 cm³/mol. The Bertz CT molecular complexity index is 1200. The van der Waals surface area contributed by atoms with Gasteiger partial charge in [0.2, 0.25) is 0 Å². The summed E-state index contributed by atoms with van der Waals surface area (Å²) < 4.78 is 31.7. The zero-order chi connectivity index (χ0) is 21.9. The van der Waals surface area contributed by atoms with Crippen LogP contribution in [0, 0.1) is 10.1 Å². The van der Waals surface area contributed by atoms with Crippen molar-refractivity contribution in [1.29, 1.82) is 0 Å². The molecule has 0 spiro atoms. The van der Waals surface area contributed by atoms with E-state index in [0.717, 1.165) is 10.4 Å². The van der Waals surface area contributed by atoms with Gasteiger partial charge in [0.25, 0.3) is 15.7 Å². The fraction of sp³-hybridized carbons (Fsp3) is 0.0500. The molecule has 0 fully saturated rings. The first-order chi connectivity index (χ1) is 14.2. The van der Waals surface area contributed by atoms with Crippen LogP contribution in [0.3, 0.4) is 0 Å². The Hall–Kier alpha value is -3.43. The van der Waals surface area contributed by atoms with Crippen molar-refractivity contribution < 1.29 is 22.9 Å². The average Bonchev–Trinajstić information content (AvgIpc) is 2.74. The number of sulfonamides is 1. The Kier molecular flexibility index (Phi) is 6.04. The SMILES string of the molecule is CN(c1ccc(OC(=O)c2ccc(Cl)c([N+](=O)[O-])c2)cc1)S(=O)(=O)c1ccccc1. The molecule has 0 saturated carbocycles. The minimum absolute atomic E-state index is 0.0426. The van der Waals surface area contributed by atoms with Crippen molar-refractivity contribution >= 4 is 39.0 Å². The molecule has 3 rings (SSSR count). The van der Waals surface area contributed by atoms with E-state index in [4.69, 9.17) is 16.3 Å². The van der Waals surface area contributed by atoms with Gasteiger partial charge in [0.1, 0.15) is 10.8 Å². The van der Waals surface area contributed by atoms with E-state index < -0.39 is 26.6 Å². The van der Waals surface area contributed by atoms with Crippen molar-refractivity contribution in [3.8, 4) is 5.75 Å². The highest BCUT2D eigenvalue weighted by atomic mass is 35.5. The highest BCUT2D eigenvalue weighted by Gasteiger charge is 2.21. The van der Waals surface area contributed by atoms with Gasteiger partial charge in [-0.1, -0.05) is 29.8 Å². The maximum atomic E-state index is 12.7. The topological polar surface area (TPSA) is 107 Å². The van der Waals surface area contributed by atoms with Gasteiger partial charge in [0, 0.05) is 13.1 Å². The number of nitrogens with zero attached hydrogens (tertiary/aromatic N) is 2. The van der Waals surface area contributed by atoms with Gasteiger partial charge >= 0.3 is 5.97 Å². The van der Waals surface area contributed by atoms with Crippen LogP contribution in [-0.4, -0.2) is 26.4 Å². The van der Waals surface area contributed by atoms with E-state index >= 15 is 0 Å². The molecule has 0 aliphatic heterocycles. The largest absolute Gasteiger partial charge is 0.423 e. The third kappa shape index (κ3) is 4.42. The summed E-state index contributed by atoms with van der Waals surface area (Å²) in [6.07, 6.45) is 0. The Morgan fingerprint density at radius 2 is 1.67 bits per heavy atom. The van der Waals surface area contributed by atoms with Crippen LogP contribution in [0.25, 0.3) is 0 Å². The van der Waals surface area contributed by atoms with Gasteiger partial charge in [-0.3, -0.25) is 14.4 Å². The molecule has 3 aromatic rings. The Labute approximate surface area is 177 Å². The third-order valence-electron chi connectivity index (χ3n) is 4.19. The average molecular weight is 447 g/mol. The molecule has 0 aromatic heterocycles. The molecule has 0 atom stereocenters. The number of carbonyl (C=O) groups excluding carboxylic acids is 1. The second kappa shape index (κ2) is 8.52. The van der Waals surface area contributed by atoms with Crippen LogP contribution in [0.4, 0.5) is 11.4 Å². The van der Waals surface area contributed by atoms with E-state index in [0.29, 0.717) is 5.69 Å². The summed E-state index contributed by atoms with van der Waals surface area (Å²) in [5.41, 5.74) is -0.0889. The lowest BCUT2D eigenvalue weighted by Gasteiger charge is -2.19. The zero-order valence-corrected chi connectivity index (χ0v) is 17.1. The number of rotatable bonds is 6. The number of benzene rings is 3. The molecule has 0 N–H and O–H groups in total. The van der Waals surface area contributed by atoms with Crippen molar-refractivity contribution in [2.45, 2.75) is 4.90 Å². The summed E-state index contributed by atoms with van der Waals surface area (Å²) in [6.45, 7) is 0. The molecule has 0 bridgehead atoms. The van der Waals surface area contributed by atoms with E-state index in [2.05, 4.69) is 0 Å². The molecular weight excluding hydrogens is 432 g/mol. The molecule has 0 amide bonds. The fourth-order valence-corrected chi connectivity index (χ4v) is 3.96. The van der Waals surface area contributed by atoms with Gasteiger partial charge in [-0.15, -0.1) is 0 Å². The van der Waals surface area contributed by atoms with E-state index in [1.54, 1.807) is 18.2 Å². The number of esters is 1. The Balaban J connectivity index is 1.77. The quantitative estimate of drug-likeness (QED) is 0.242. The molecule has 0 radical (unpaired) electrons. The monoisotopic (exact) mass is 446 g/mol. The van der Waals surface area contributed by atoms with E-state index in [1.807, 2.05) is 0 Å². The van der Waals surface area contributed by atoms with Crippen LogP contribution in [0.15, 0.2) is 77.7 Å². The van der Waals surface area contributed by atoms with Crippen molar-refractivity contribution in [3.05, 3.63) is 93.5 Å². The lowest BCUT2D eigenvalue weighted by Crippen LogP contribution is -2.26. The molecule has 154 valence electrons. The van der Waals surface area contributed by atoms with Gasteiger partial charge in [-0.05, 0) is 48.5 Å². The summed E-state index contributed by atoms with van der Waals surface area (Å²) in [4.78, 5) is 22.7. The van der Waals surface area contributed by atoms with E-state index in [9.17, 15) is 23.3 Å². The highest BCUT2D eigenvalue weighted by Crippen LogP contribution is 2.27. The summed E-state index contributed by atoms with van der Waals surface area (Å²) in [6, 6.07) is 17.4. The minimum Gasteiger partial charge on any atom is -0.423 e. The summed E-state index contributed by atoms with van der Waals surface area (Å²) in [5.74, 6) is -0.667. The van der Waals surface area contributed by atoms with Gasteiger partial charge in [-0.25, -0.2) is 13.2 Å². The number of nitro groups is 1. The zero-order valence-electron chi connectivity index (χ0n) is 15.6. The summed E-state index contributed by atoms with van der Waals surface area (Å²) in [7, 11) is -2.33. The second-order valence-corrected chi connectivity index (χ2v) is 8.47. The number of carbonyl (C=O) groups is 1. The molecule has 0 aliphatic carbocycles. The predicted octanol–water partition coefficient (Wildman–Crippen LogP) is 4.29. The van der Waals surface area contributed by atoms with Crippen LogP contribution in [0.5, 0.6) is 5.75 Å². The van der Waals surface area contributed by atoms with Gasteiger partial charge in [0.15, 0.2) is 0 Å². The molecule has 0 heterocycles. The summed E-state index contributed by atoms with van der Waals surface area (Å²) in [5, 5.41) is 10.9. The molecule has 8 nitrogen and oxygen atoms in total. The van der Waals surface area contributed by atoms with Gasteiger partial charge in [0.05, 0.1) is 21.1 Å². The molecule has 0 saturated heterocycles. The number of anilines is 1. The standard InChI is InChI=1S/C20H15ClN2O6S/c1-22(30(27,28)17-5-3-2-4-6-17)15-8-10-16(11-9-15)29-20(24)14-7-12-18(21)19(13-14)23(25)26/h2-13H,1H3. The lowest BCUT2D eigenvalue weighted by atomic mass is 10.2. The fourth-order valence-electron chi connectivity index (χ4n) is 2.56. The van der Waals surface area contributed by atoms with Crippen LogP contribution in [-0.2, 0) is 10.0 Å². The highest BCUT2D eigenvalue weighted by molar-refractivity contribution is 7.92. The van der Waals surface area contributed by atoms with Crippen molar-refractivity contribution in [2.75, 3.05) is 11.4 Å². The molecule has 0 unspecified atom stereocenters. The van der Waals surface area contributed by atoms with Crippen LogP contribution in [0.1, 0.15) is 10.4 Å². The van der Waals surface area contributed by atoms with E-state index in [-0.39, 0.29) is 21.2 Å². The maximum absolute atomic E-state index is 12.7. The molecular formula is C20H15ClN2O6S. The molecule has 3 aromatic carbocycles. The molecule has 10 heteroatoms. The number of ether oxygens (including phenoxy) is 1. The molecule has 30 heavy (non-hydrogen) atoms. The van der Waals surface area contributed by atoms with Gasteiger partial charge < -0.3 is 4.74 Å². The van der Waals surface area contributed by atoms with Gasteiger partial charge in [-0.2, -0.15) is 0 Å². The third-order valence-corrected chi connectivity index (χ3v) is 6.31. The van der Waals surface area contributed by atoms with Crippen LogP contribution >= 0.6 is 11.6 Å². The second-order valence-electron chi connectivity index (χ2n) is 6.09. The first-order valence-corrected chi connectivity index (χ1v) is 10.3. The lowest BCUT2D eigenvalue weighted by molar-refractivity contribution is -0.384.